The Labute approximate surface area is 90.5 Å². The van der Waals surface area contributed by atoms with Gasteiger partial charge in [0, 0.05) is 6.54 Å². The number of aliphatic hydroxyl groups is 1. The monoisotopic (exact) mass is 209 g/mol. The van der Waals surface area contributed by atoms with Gasteiger partial charge in [0.05, 0.1) is 6.26 Å². The molecule has 1 fully saturated rings. The van der Waals surface area contributed by atoms with Crippen LogP contribution >= 0.6 is 0 Å². The molecule has 0 aliphatic heterocycles. The summed E-state index contributed by atoms with van der Waals surface area (Å²) in [7, 11) is 0. The smallest absolute Gasteiger partial charge is 0.133 e. The fourth-order valence-electron chi connectivity index (χ4n) is 1.91. The lowest BCUT2D eigenvalue weighted by Crippen LogP contribution is -2.25. The van der Waals surface area contributed by atoms with Crippen molar-refractivity contribution in [2.45, 2.75) is 31.8 Å². The summed E-state index contributed by atoms with van der Waals surface area (Å²) in [6, 6.07) is 3.60. The standard InChI is InChI=1S/C12H19NO2/c14-11(12-5-2-8-15-12)9-13-7-6-10-3-1-4-10/h2,5,8,10-11,13-14H,1,3-4,6-7,9H2. The first-order valence-corrected chi connectivity index (χ1v) is 5.78. The molecule has 0 spiro atoms. The Morgan fingerprint density at radius 3 is 3.00 bits per heavy atom. The second kappa shape index (κ2) is 5.33. The Morgan fingerprint density at radius 1 is 1.53 bits per heavy atom. The second-order valence-corrected chi connectivity index (χ2v) is 4.32. The van der Waals surface area contributed by atoms with Crippen molar-refractivity contribution in [2.75, 3.05) is 13.1 Å². The Kier molecular flexibility index (Phi) is 3.80. The molecule has 1 aromatic rings. The van der Waals surface area contributed by atoms with Crippen LogP contribution in [0.1, 0.15) is 37.5 Å². The van der Waals surface area contributed by atoms with E-state index in [-0.39, 0.29) is 0 Å². The highest BCUT2D eigenvalue weighted by molar-refractivity contribution is 5.02. The molecule has 2 N–H and O–H groups in total. The van der Waals surface area contributed by atoms with E-state index in [1.807, 2.05) is 0 Å². The van der Waals surface area contributed by atoms with E-state index in [0.29, 0.717) is 12.3 Å². The van der Waals surface area contributed by atoms with Crippen molar-refractivity contribution in [1.29, 1.82) is 0 Å². The van der Waals surface area contributed by atoms with Gasteiger partial charge in [0.2, 0.25) is 0 Å². The molecule has 3 nitrogen and oxygen atoms in total. The normalized spacial score (nSPS) is 18.7. The van der Waals surface area contributed by atoms with Gasteiger partial charge < -0.3 is 14.8 Å². The van der Waals surface area contributed by atoms with Crippen LogP contribution in [0.15, 0.2) is 22.8 Å². The van der Waals surface area contributed by atoms with Gasteiger partial charge in [-0.05, 0) is 31.0 Å². The van der Waals surface area contributed by atoms with Gasteiger partial charge in [-0.15, -0.1) is 0 Å². The molecule has 15 heavy (non-hydrogen) atoms. The summed E-state index contributed by atoms with van der Waals surface area (Å²) in [5.74, 6) is 1.57. The zero-order chi connectivity index (χ0) is 10.5. The van der Waals surface area contributed by atoms with Gasteiger partial charge >= 0.3 is 0 Å². The summed E-state index contributed by atoms with van der Waals surface area (Å²) >= 11 is 0. The van der Waals surface area contributed by atoms with E-state index >= 15 is 0 Å². The van der Waals surface area contributed by atoms with Gasteiger partial charge in [-0.3, -0.25) is 0 Å². The molecular weight excluding hydrogens is 190 g/mol. The average molecular weight is 209 g/mol. The third-order valence-corrected chi connectivity index (χ3v) is 3.16. The Bertz CT molecular complexity index is 267. The molecule has 0 bridgehead atoms. The number of hydrogen-bond acceptors (Lipinski definition) is 3. The van der Waals surface area contributed by atoms with Crippen LogP contribution < -0.4 is 5.32 Å². The number of aliphatic hydroxyl groups excluding tert-OH is 1. The lowest BCUT2D eigenvalue weighted by Gasteiger charge is -2.25. The molecular formula is C12H19NO2. The summed E-state index contributed by atoms with van der Waals surface area (Å²) < 4.78 is 5.12. The zero-order valence-electron chi connectivity index (χ0n) is 8.98. The third-order valence-electron chi connectivity index (χ3n) is 3.16. The van der Waals surface area contributed by atoms with Crippen molar-refractivity contribution in [3.8, 4) is 0 Å². The quantitative estimate of drug-likeness (QED) is 0.705. The van der Waals surface area contributed by atoms with Crippen LogP contribution in [0.2, 0.25) is 0 Å². The molecule has 1 aliphatic rings. The van der Waals surface area contributed by atoms with E-state index in [0.717, 1.165) is 12.5 Å². The van der Waals surface area contributed by atoms with Gasteiger partial charge in [-0.1, -0.05) is 19.3 Å². The average Bonchev–Trinajstić information content (AvgIpc) is 2.67. The maximum absolute atomic E-state index is 9.69. The SMILES string of the molecule is OC(CNCCC1CCC1)c1ccco1. The van der Waals surface area contributed by atoms with Gasteiger partial charge in [0.1, 0.15) is 11.9 Å². The largest absolute Gasteiger partial charge is 0.467 e. The molecule has 0 aromatic carbocycles. The predicted octanol–water partition coefficient (Wildman–Crippen LogP) is 2.09. The Hall–Kier alpha value is -0.800. The van der Waals surface area contributed by atoms with Crippen LogP contribution in [-0.2, 0) is 0 Å². The van der Waals surface area contributed by atoms with Crippen molar-refractivity contribution >= 4 is 0 Å². The first-order chi connectivity index (χ1) is 7.36. The van der Waals surface area contributed by atoms with Crippen molar-refractivity contribution in [3.63, 3.8) is 0 Å². The summed E-state index contributed by atoms with van der Waals surface area (Å²) in [5, 5.41) is 13.0. The Balaban J connectivity index is 1.57. The van der Waals surface area contributed by atoms with Crippen molar-refractivity contribution in [3.05, 3.63) is 24.2 Å². The minimum absolute atomic E-state index is 0.513. The molecule has 3 heteroatoms. The van der Waals surface area contributed by atoms with E-state index in [1.54, 1.807) is 18.4 Å². The van der Waals surface area contributed by atoms with E-state index in [2.05, 4.69) is 5.32 Å². The molecule has 1 aliphatic carbocycles. The van der Waals surface area contributed by atoms with Crippen molar-refractivity contribution in [1.82, 2.24) is 5.32 Å². The summed E-state index contributed by atoms with van der Waals surface area (Å²) in [6.07, 6.45) is 6.50. The molecule has 1 unspecified atom stereocenters. The van der Waals surface area contributed by atoms with E-state index < -0.39 is 6.10 Å². The molecule has 0 amide bonds. The molecule has 0 saturated heterocycles. The molecule has 0 radical (unpaired) electrons. The lowest BCUT2D eigenvalue weighted by molar-refractivity contribution is 0.146. The van der Waals surface area contributed by atoms with E-state index in [4.69, 9.17) is 4.42 Å². The van der Waals surface area contributed by atoms with Gasteiger partial charge in [-0.25, -0.2) is 0 Å². The topological polar surface area (TPSA) is 45.4 Å². The fraction of sp³-hybridized carbons (Fsp3) is 0.667. The third kappa shape index (κ3) is 3.08. The lowest BCUT2D eigenvalue weighted by atomic mass is 9.83. The van der Waals surface area contributed by atoms with Crippen molar-refractivity contribution < 1.29 is 9.52 Å². The van der Waals surface area contributed by atoms with E-state index in [1.165, 1.54) is 25.7 Å². The molecule has 1 atom stereocenters. The predicted molar refractivity (Wildman–Crippen MR) is 58.5 cm³/mol. The van der Waals surface area contributed by atoms with Crippen LogP contribution in [0.5, 0.6) is 0 Å². The van der Waals surface area contributed by atoms with Gasteiger partial charge in [0.25, 0.3) is 0 Å². The van der Waals surface area contributed by atoms with Crippen LogP contribution in [-0.4, -0.2) is 18.2 Å². The molecule has 1 saturated carbocycles. The number of furan rings is 1. The van der Waals surface area contributed by atoms with Crippen LogP contribution in [0.4, 0.5) is 0 Å². The molecule has 84 valence electrons. The molecule has 1 aromatic heterocycles. The highest BCUT2D eigenvalue weighted by Crippen LogP contribution is 2.28. The maximum atomic E-state index is 9.69. The summed E-state index contributed by atoms with van der Waals surface area (Å²) in [5.41, 5.74) is 0. The minimum atomic E-state index is -0.513. The van der Waals surface area contributed by atoms with Crippen LogP contribution in [0.25, 0.3) is 0 Å². The highest BCUT2D eigenvalue weighted by Gasteiger charge is 2.16. The molecule has 1 heterocycles. The van der Waals surface area contributed by atoms with E-state index in [9.17, 15) is 5.11 Å². The zero-order valence-corrected chi connectivity index (χ0v) is 8.98. The Morgan fingerprint density at radius 2 is 2.40 bits per heavy atom. The van der Waals surface area contributed by atoms with Gasteiger partial charge in [-0.2, -0.15) is 0 Å². The van der Waals surface area contributed by atoms with Crippen LogP contribution in [0.3, 0.4) is 0 Å². The first kappa shape index (κ1) is 10.7. The maximum Gasteiger partial charge on any atom is 0.133 e. The molecule has 2 rings (SSSR count). The number of hydrogen-bond donors (Lipinski definition) is 2. The number of nitrogens with one attached hydrogen (secondary N) is 1. The highest BCUT2D eigenvalue weighted by atomic mass is 16.4. The second-order valence-electron chi connectivity index (χ2n) is 4.32. The van der Waals surface area contributed by atoms with Crippen molar-refractivity contribution in [2.24, 2.45) is 5.92 Å². The fourth-order valence-corrected chi connectivity index (χ4v) is 1.91. The minimum Gasteiger partial charge on any atom is -0.467 e. The van der Waals surface area contributed by atoms with Gasteiger partial charge in [0.15, 0.2) is 0 Å². The van der Waals surface area contributed by atoms with Crippen LogP contribution in [0, 0.1) is 5.92 Å². The number of rotatable bonds is 6. The summed E-state index contributed by atoms with van der Waals surface area (Å²) in [4.78, 5) is 0. The first-order valence-electron chi connectivity index (χ1n) is 5.78. The summed E-state index contributed by atoms with van der Waals surface area (Å²) in [6.45, 7) is 1.59.